The Kier molecular flexibility index (Phi) is 6.27. The fourth-order valence-corrected chi connectivity index (χ4v) is 2.63. The summed E-state index contributed by atoms with van der Waals surface area (Å²) in [5, 5.41) is 11.7. The first-order chi connectivity index (χ1) is 13.6. The Balaban J connectivity index is 1.54. The number of amides is 1. The van der Waals surface area contributed by atoms with Crippen LogP contribution < -0.4 is 10.1 Å². The smallest absolute Gasteiger partial charge is 0.411 e. The van der Waals surface area contributed by atoms with Gasteiger partial charge in [0.15, 0.2) is 0 Å². The van der Waals surface area contributed by atoms with Crippen molar-refractivity contribution in [3.05, 3.63) is 95.1 Å². The molecule has 0 aliphatic rings. The van der Waals surface area contributed by atoms with Gasteiger partial charge in [0.2, 0.25) is 0 Å². The summed E-state index contributed by atoms with van der Waals surface area (Å²) in [4.78, 5) is 12.0. The van der Waals surface area contributed by atoms with Crippen molar-refractivity contribution in [2.75, 3.05) is 5.32 Å². The normalized spacial score (nSPS) is 10.0. The molecule has 0 bridgehead atoms. The average molecular weight is 372 g/mol. The van der Waals surface area contributed by atoms with Crippen LogP contribution >= 0.6 is 0 Å². The number of nitrogens with one attached hydrogen (secondary N) is 1. The monoisotopic (exact) mass is 372 g/mol. The lowest BCUT2D eigenvalue weighted by Gasteiger charge is -2.12. The van der Waals surface area contributed by atoms with Gasteiger partial charge in [0.1, 0.15) is 19.0 Å². The van der Waals surface area contributed by atoms with Crippen LogP contribution in [-0.2, 0) is 18.0 Å². The molecular weight excluding hydrogens is 352 g/mol. The minimum Gasteiger partial charge on any atom is -0.489 e. The Morgan fingerprint density at radius 1 is 0.964 bits per heavy atom. The maximum Gasteiger partial charge on any atom is 0.411 e. The molecule has 140 valence electrons. The molecule has 3 rings (SSSR count). The number of carbonyl (C=O) groups excluding carboxylic acids is 1. The van der Waals surface area contributed by atoms with E-state index in [9.17, 15) is 4.79 Å². The minimum absolute atomic E-state index is 0.217. The number of hydrogen-bond acceptors (Lipinski definition) is 4. The first-order valence-electron chi connectivity index (χ1n) is 8.84. The molecule has 0 atom stereocenters. The van der Waals surface area contributed by atoms with Gasteiger partial charge in [-0.1, -0.05) is 42.5 Å². The maximum atomic E-state index is 12.0. The van der Waals surface area contributed by atoms with Crippen molar-refractivity contribution in [2.45, 2.75) is 20.1 Å². The van der Waals surface area contributed by atoms with Gasteiger partial charge in [0.25, 0.3) is 0 Å². The van der Waals surface area contributed by atoms with Crippen LogP contribution in [-0.4, -0.2) is 6.09 Å². The number of aryl methyl sites for hydroxylation is 1. The van der Waals surface area contributed by atoms with Crippen LogP contribution in [0.15, 0.2) is 72.8 Å². The van der Waals surface area contributed by atoms with Gasteiger partial charge in [-0.05, 0) is 53.9 Å². The highest BCUT2D eigenvalue weighted by molar-refractivity contribution is 5.85. The van der Waals surface area contributed by atoms with E-state index < -0.39 is 6.09 Å². The van der Waals surface area contributed by atoms with Gasteiger partial charge < -0.3 is 9.47 Å². The second-order valence-corrected chi connectivity index (χ2v) is 6.26. The van der Waals surface area contributed by atoms with Crippen LogP contribution in [0.25, 0.3) is 0 Å². The van der Waals surface area contributed by atoms with Crippen molar-refractivity contribution in [1.29, 1.82) is 5.26 Å². The van der Waals surface area contributed by atoms with E-state index in [2.05, 4.69) is 11.4 Å². The van der Waals surface area contributed by atoms with Crippen LogP contribution in [0.5, 0.6) is 5.75 Å². The minimum atomic E-state index is -0.506. The first kappa shape index (κ1) is 19.0. The van der Waals surface area contributed by atoms with Crippen LogP contribution in [0.2, 0.25) is 0 Å². The Morgan fingerprint density at radius 3 is 2.50 bits per heavy atom. The van der Waals surface area contributed by atoms with E-state index in [1.807, 2.05) is 55.5 Å². The maximum absolute atomic E-state index is 12.0. The Bertz CT molecular complexity index is 994. The zero-order valence-electron chi connectivity index (χ0n) is 15.5. The number of benzene rings is 3. The summed E-state index contributed by atoms with van der Waals surface area (Å²) < 4.78 is 11.0. The third-order valence-corrected chi connectivity index (χ3v) is 4.11. The van der Waals surface area contributed by atoms with Gasteiger partial charge in [-0.3, -0.25) is 5.32 Å². The molecule has 0 fully saturated rings. The Hall–Kier alpha value is -3.78. The van der Waals surface area contributed by atoms with E-state index in [-0.39, 0.29) is 6.61 Å². The van der Waals surface area contributed by atoms with Crippen molar-refractivity contribution in [3.63, 3.8) is 0 Å². The molecule has 3 aromatic carbocycles. The lowest BCUT2D eigenvalue weighted by molar-refractivity contribution is 0.155. The van der Waals surface area contributed by atoms with Crippen molar-refractivity contribution >= 4 is 11.8 Å². The number of hydrogen-bond donors (Lipinski definition) is 1. The highest BCUT2D eigenvalue weighted by atomic mass is 16.5. The predicted molar refractivity (Wildman–Crippen MR) is 107 cm³/mol. The van der Waals surface area contributed by atoms with Gasteiger partial charge in [-0.15, -0.1) is 0 Å². The summed E-state index contributed by atoms with van der Waals surface area (Å²) in [5.74, 6) is 0.683. The fourth-order valence-electron chi connectivity index (χ4n) is 2.63. The molecule has 0 spiro atoms. The van der Waals surface area contributed by atoms with Crippen molar-refractivity contribution in [3.8, 4) is 11.8 Å². The number of carbonyl (C=O) groups is 1. The Labute approximate surface area is 164 Å². The molecule has 3 aromatic rings. The number of nitriles is 1. The van der Waals surface area contributed by atoms with Crippen LogP contribution in [0.3, 0.4) is 0 Å². The molecule has 0 heterocycles. The summed E-state index contributed by atoms with van der Waals surface area (Å²) >= 11 is 0. The predicted octanol–water partition coefficient (Wildman–Crippen LogP) is 5.19. The van der Waals surface area contributed by atoms with E-state index in [0.717, 1.165) is 16.7 Å². The molecule has 0 aliphatic carbocycles. The van der Waals surface area contributed by atoms with E-state index in [4.69, 9.17) is 14.7 Å². The van der Waals surface area contributed by atoms with Crippen LogP contribution in [0, 0.1) is 18.3 Å². The molecular formula is C23H20N2O3. The lowest BCUT2D eigenvalue weighted by atomic mass is 10.1. The fraction of sp³-hybridized carbons (Fsp3) is 0.130. The van der Waals surface area contributed by atoms with Crippen LogP contribution in [0.1, 0.15) is 22.3 Å². The van der Waals surface area contributed by atoms with Gasteiger partial charge in [-0.25, -0.2) is 4.79 Å². The second-order valence-electron chi connectivity index (χ2n) is 6.26. The number of anilines is 1. The van der Waals surface area contributed by atoms with E-state index in [1.54, 1.807) is 24.3 Å². The van der Waals surface area contributed by atoms with E-state index in [1.165, 1.54) is 0 Å². The van der Waals surface area contributed by atoms with E-state index in [0.29, 0.717) is 23.6 Å². The molecule has 0 saturated heterocycles. The molecule has 1 amide bonds. The average Bonchev–Trinajstić information content (AvgIpc) is 2.73. The molecule has 0 aliphatic heterocycles. The third kappa shape index (κ3) is 5.36. The summed E-state index contributed by atoms with van der Waals surface area (Å²) in [6, 6.07) is 24.3. The largest absolute Gasteiger partial charge is 0.489 e. The molecule has 28 heavy (non-hydrogen) atoms. The molecule has 0 saturated carbocycles. The highest BCUT2D eigenvalue weighted by Crippen LogP contribution is 2.22. The zero-order valence-corrected chi connectivity index (χ0v) is 15.5. The van der Waals surface area contributed by atoms with Crippen molar-refractivity contribution in [2.24, 2.45) is 0 Å². The zero-order chi connectivity index (χ0) is 19.8. The molecule has 1 N–H and O–H groups in total. The van der Waals surface area contributed by atoms with Crippen molar-refractivity contribution < 1.29 is 14.3 Å². The second kappa shape index (κ2) is 9.24. The quantitative estimate of drug-likeness (QED) is 0.646. The standard InChI is InChI=1S/C23H20N2O3/c1-17-12-21(27-16-20-9-5-8-19(13-20)14-24)10-11-22(17)25-23(26)28-15-18-6-3-2-4-7-18/h2-13H,15-16H2,1H3,(H,25,26). The van der Waals surface area contributed by atoms with Gasteiger partial charge in [0.05, 0.1) is 11.6 Å². The Morgan fingerprint density at radius 2 is 1.75 bits per heavy atom. The number of nitrogens with zero attached hydrogens (tertiary/aromatic N) is 1. The molecule has 0 aromatic heterocycles. The lowest BCUT2D eigenvalue weighted by Crippen LogP contribution is -2.14. The van der Waals surface area contributed by atoms with Gasteiger partial charge in [-0.2, -0.15) is 5.26 Å². The van der Waals surface area contributed by atoms with Crippen molar-refractivity contribution in [1.82, 2.24) is 0 Å². The summed E-state index contributed by atoms with van der Waals surface area (Å²) in [5.41, 5.74) is 3.98. The van der Waals surface area contributed by atoms with Crippen LogP contribution in [0.4, 0.5) is 10.5 Å². The molecule has 0 unspecified atom stereocenters. The molecule has 5 heteroatoms. The topological polar surface area (TPSA) is 71.3 Å². The van der Waals surface area contributed by atoms with Gasteiger partial charge in [0, 0.05) is 5.69 Å². The van der Waals surface area contributed by atoms with Gasteiger partial charge >= 0.3 is 6.09 Å². The van der Waals surface area contributed by atoms with E-state index >= 15 is 0 Å². The molecule has 0 radical (unpaired) electrons. The summed E-state index contributed by atoms with van der Waals surface area (Å²) in [6.07, 6.45) is -0.506. The third-order valence-electron chi connectivity index (χ3n) is 4.11. The summed E-state index contributed by atoms with van der Waals surface area (Å²) in [7, 11) is 0. The molecule has 5 nitrogen and oxygen atoms in total. The first-order valence-corrected chi connectivity index (χ1v) is 8.84. The number of rotatable bonds is 6. The summed E-state index contributed by atoms with van der Waals surface area (Å²) in [6.45, 7) is 2.46. The number of ether oxygens (including phenoxy) is 2. The highest BCUT2D eigenvalue weighted by Gasteiger charge is 2.07. The SMILES string of the molecule is Cc1cc(OCc2cccc(C#N)c2)ccc1NC(=O)OCc1ccccc1.